The maximum atomic E-state index is 12.8. The van der Waals surface area contributed by atoms with Gasteiger partial charge in [-0.05, 0) is 31.2 Å². The molecular formula is C20H15F3O6S2. The molecule has 0 radical (unpaired) electrons. The molecule has 0 aliphatic carbocycles. The molecule has 0 saturated heterocycles. The zero-order chi connectivity index (χ0) is 22.9. The lowest BCUT2D eigenvalue weighted by Gasteiger charge is -2.15. The predicted molar refractivity (Wildman–Crippen MR) is 106 cm³/mol. The number of hydrogen-bond acceptors (Lipinski definition) is 6. The summed E-state index contributed by atoms with van der Waals surface area (Å²) in [5, 5.41) is 0. The number of halogens is 3. The van der Waals surface area contributed by atoms with Crippen LogP contribution in [-0.4, -0.2) is 22.3 Å². The molecule has 0 aliphatic rings. The molecule has 6 nitrogen and oxygen atoms in total. The number of aryl methyl sites for hydroxylation is 1. The number of alkyl halides is 3. The van der Waals surface area contributed by atoms with Crippen LogP contribution in [0.4, 0.5) is 13.2 Å². The molecule has 0 saturated carbocycles. The summed E-state index contributed by atoms with van der Waals surface area (Å²) >= 11 is 0. The summed E-state index contributed by atoms with van der Waals surface area (Å²) in [6.07, 6.45) is 0. The third-order valence-electron chi connectivity index (χ3n) is 4.06. The van der Waals surface area contributed by atoms with Crippen molar-refractivity contribution in [3.05, 3.63) is 78.4 Å². The van der Waals surface area contributed by atoms with Crippen LogP contribution >= 0.6 is 0 Å². The van der Waals surface area contributed by atoms with E-state index in [1.807, 2.05) is 0 Å². The van der Waals surface area contributed by atoms with Gasteiger partial charge >= 0.3 is 25.7 Å². The van der Waals surface area contributed by atoms with E-state index in [1.165, 1.54) is 54.6 Å². The molecule has 0 heterocycles. The maximum Gasteiger partial charge on any atom is 0.534 e. The molecule has 0 N–H and O–H groups in total. The van der Waals surface area contributed by atoms with Gasteiger partial charge in [0.1, 0.15) is 4.90 Å². The van der Waals surface area contributed by atoms with Crippen molar-refractivity contribution < 1.29 is 38.4 Å². The van der Waals surface area contributed by atoms with E-state index < -0.39 is 31.5 Å². The second-order valence-corrected chi connectivity index (χ2v) is 9.41. The fourth-order valence-corrected chi connectivity index (χ4v) is 3.98. The van der Waals surface area contributed by atoms with Gasteiger partial charge in [-0.3, -0.25) is 0 Å². The van der Waals surface area contributed by atoms with E-state index in [9.17, 15) is 30.0 Å². The highest BCUT2D eigenvalue weighted by Gasteiger charge is 2.48. The Kier molecular flexibility index (Phi) is 6.01. The van der Waals surface area contributed by atoms with Gasteiger partial charge in [-0.15, -0.1) is 0 Å². The first-order valence-electron chi connectivity index (χ1n) is 8.61. The van der Waals surface area contributed by atoms with Crippen LogP contribution in [0.15, 0.2) is 77.7 Å². The lowest BCUT2D eigenvalue weighted by atomic mass is 10.0. The van der Waals surface area contributed by atoms with Gasteiger partial charge in [0.15, 0.2) is 11.5 Å². The molecule has 0 amide bonds. The van der Waals surface area contributed by atoms with Crippen LogP contribution in [-0.2, 0) is 20.2 Å². The molecule has 31 heavy (non-hydrogen) atoms. The van der Waals surface area contributed by atoms with Crippen molar-refractivity contribution in [2.75, 3.05) is 0 Å². The van der Waals surface area contributed by atoms with Crippen LogP contribution in [0.5, 0.6) is 11.5 Å². The fraction of sp³-hybridized carbons (Fsp3) is 0.100. The Morgan fingerprint density at radius 2 is 1.13 bits per heavy atom. The SMILES string of the molecule is Cc1ccc(S(=O)(=O)Oc2ccccc2-c2ccccc2OS(=O)(=O)C(F)(F)F)cc1. The van der Waals surface area contributed by atoms with Gasteiger partial charge in [-0.2, -0.15) is 30.0 Å². The Morgan fingerprint density at radius 1 is 0.677 bits per heavy atom. The van der Waals surface area contributed by atoms with Gasteiger partial charge < -0.3 is 8.37 Å². The van der Waals surface area contributed by atoms with Crippen molar-refractivity contribution in [1.82, 2.24) is 0 Å². The molecular weight excluding hydrogens is 457 g/mol. The highest BCUT2D eigenvalue weighted by Crippen LogP contribution is 2.39. The van der Waals surface area contributed by atoms with Crippen molar-refractivity contribution in [3.63, 3.8) is 0 Å². The minimum absolute atomic E-state index is 0.0196. The topological polar surface area (TPSA) is 86.7 Å². The Balaban J connectivity index is 2.05. The molecule has 3 rings (SSSR count). The molecule has 0 spiro atoms. The molecule has 0 unspecified atom stereocenters. The number of para-hydroxylation sites is 2. The first-order chi connectivity index (χ1) is 14.4. The van der Waals surface area contributed by atoms with Crippen LogP contribution in [0.25, 0.3) is 11.1 Å². The van der Waals surface area contributed by atoms with Crippen molar-refractivity contribution in [2.24, 2.45) is 0 Å². The van der Waals surface area contributed by atoms with Crippen LogP contribution in [0.2, 0.25) is 0 Å². The third-order valence-corrected chi connectivity index (χ3v) is 6.27. The third kappa shape index (κ3) is 5.00. The van der Waals surface area contributed by atoms with Crippen molar-refractivity contribution >= 4 is 20.2 Å². The quantitative estimate of drug-likeness (QED) is 0.383. The van der Waals surface area contributed by atoms with Gasteiger partial charge in [0.05, 0.1) is 0 Å². The smallest absolute Gasteiger partial charge is 0.378 e. The van der Waals surface area contributed by atoms with Gasteiger partial charge in [0.25, 0.3) is 0 Å². The van der Waals surface area contributed by atoms with Gasteiger partial charge in [0.2, 0.25) is 0 Å². The van der Waals surface area contributed by atoms with Crippen LogP contribution in [0.3, 0.4) is 0 Å². The van der Waals surface area contributed by atoms with E-state index in [2.05, 4.69) is 4.18 Å². The largest absolute Gasteiger partial charge is 0.534 e. The second kappa shape index (κ2) is 8.23. The number of rotatable bonds is 6. The van der Waals surface area contributed by atoms with Crippen LogP contribution < -0.4 is 8.37 Å². The maximum absolute atomic E-state index is 12.8. The van der Waals surface area contributed by atoms with Crippen LogP contribution in [0, 0.1) is 6.92 Å². The Labute approximate surface area is 177 Å². The number of hydrogen-bond donors (Lipinski definition) is 0. The van der Waals surface area contributed by atoms with Gasteiger partial charge in [-0.25, -0.2) is 0 Å². The highest BCUT2D eigenvalue weighted by molar-refractivity contribution is 7.88. The lowest BCUT2D eigenvalue weighted by molar-refractivity contribution is -0.0499. The second-order valence-electron chi connectivity index (χ2n) is 6.33. The van der Waals surface area contributed by atoms with Crippen molar-refractivity contribution in [2.45, 2.75) is 17.3 Å². The van der Waals surface area contributed by atoms with Gasteiger partial charge in [0, 0.05) is 11.1 Å². The summed E-state index contributed by atoms with van der Waals surface area (Å²) in [5.74, 6) is -0.854. The first kappa shape index (κ1) is 22.6. The molecule has 0 atom stereocenters. The summed E-state index contributed by atoms with van der Waals surface area (Å²) in [7, 11) is -10.2. The molecule has 11 heteroatoms. The summed E-state index contributed by atoms with van der Waals surface area (Å²) in [4.78, 5) is -0.128. The molecule has 3 aromatic rings. The molecule has 0 bridgehead atoms. The fourth-order valence-electron chi connectivity index (χ4n) is 2.56. The van der Waals surface area contributed by atoms with E-state index in [0.29, 0.717) is 0 Å². The molecule has 3 aromatic carbocycles. The van der Waals surface area contributed by atoms with E-state index >= 15 is 0 Å². The standard InChI is InChI=1S/C20H15F3O6S2/c1-14-10-12-15(13-11-14)30(24,25)28-18-8-4-2-6-16(18)17-7-3-5-9-19(17)29-31(26,27)20(21,22)23/h2-13H,1H3. The summed E-state index contributed by atoms with van der Waals surface area (Å²) < 4.78 is 96.0. The van der Waals surface area contributed by atoms with Crippen molar-refractivity contribution in [1.29, 1.82) is 0 Å². The van der Waals surface area contributed by atoms with Gasteiger partial charge in [-0.1, -0.05) is 54.1 Å². The minimum Gasteiger partial charge on any atom is -0.378 e. The van der Waals surface area contributed by atoms with Crippen LogP contribution in [0.1, 0.15) is 5.56 Å². The molecule has 0 aliphatic heterocycles. The Bertz CT molecular complexity index is 1300. The predicted octanol–water partition coefficient (Wildman–Crippen LogP) is 4.66. The number of benzene rings is 3. The highest BCUT2D eigenvalue weighted by atomic mass is 32.2. The monoisotopic (exact) mass is 472 g/mol. The summed E-state index contributed by atoms with van der Waals surface area (Å²) in [6, 6.07) is 16.4. The minimum atomic E-state index is -5.94. The van der Waals surface area contributed by atoms with E-state index in [0.717, 1.165) is 11.6 Å². The zero-order valence-electron chi connectivity index (χ0n) is 15.8. The van der Waals surface area contributed by atoms with Crippen molar-refractivity contribution in [3.8, 4) is 22.6 Å². The normalized spacial score (nSPS) is 12.4. The average molecular weight is 472 g/mol. The Hall–Kier alpha value is -3.05. The molecule has 0 fully saturated rings. The molecule has 164 valence electrons. The van der Waals surface area contributed by atoms with E-state index in [-0.39, 0.29) is 21.8 Å². The lowest BCUT2D eigenvalue weighted by Crippen LogP contribution is -2.28. The summed E-state index contributed by atoms with van der Waals surface area (Å²) in [5.41, 5.74) is -4.89. The first-order valence-corrected chi connectivity index (χ1v) is 11.4. The Morgan fingerprint density at radius 3 is 1.61 bits per heavy atom. The van der Waals surface area contributed by atoms with E-state index in [4.69, 9.17) is 4.18 Å². The zero-order valence-corrected chi connectivity index (χ0v) is 17.5. The summed E-state index contributed by atoms with van der Waals surface area (Å²) in [6.45, 7) is 1.78. The van der Waals surface area contributed by atoms with E-state index in [1.54, 1.807) is 19.1 Å². The average Bonchev–Trinajstić information content (AvgIpc) is 2.68. The molecule has 0 aromatic heterocycles.